The van der Waals surface area contributed by atoms with E-state index in [0.717, 1.165) is 65.8 Å². The van der Waals surface area contributed by atoms with Crippen LogP contribution in [0, 0.1) is 5.92 Å². The lowest BCUT2D eigenvalue weighted by molar-refractivity contribution is -0.131. The number of aromatic amines is 1. The molecule has 2 fully saturated rings. The number of nitrogens with zero attached hydrogens (tertiary/aromatic N) is 4. The monoisotopic (exact) mass is 489 g/mol. The maximum Gasteiger partial charge on any atom is 0.327 e. The lowest BCUT2D eigenvalue weighted by atomic mass is 9.94. The Hall–Kier alpha value is -3.88. The number of nitrogens with one attached hydrogen (secondary N) is 1. The molecule has 188 valence electrons. The minimum absolute atomic E-state index is 0.167. The van der Waals surface area contributed by atoms with E-state index in [1.807, 2.05) is 36.4 Å². The number of carbonyl (C=O) groups excluding carboxylic acids is 3. The number of ether oxygens (including phenoxy) is 1. The molecule has 3 heterocycles. The maximum atomic E-state index is 13.3. The smallest absolute Gasteiger partial charge is 0.327 e. The third-order valence-corrected chi connectivity index (χ3v) is 7.28. The van der Waals surface area contributed by atoms with Gasteiger partial charge in [-0.2, -0.15) is 5.10 Å². The summed E-state index contributed by atoms with van der Waals surface area (Å²) in [5, 5.41) is 8.73. The number of H-pyrrole nitrogens is 1. The Morgan fingerprint density at radius 2 is 1.83 bits per heavy atom. The standard InChI is InChI=1S/C27H31N5O4/c1-36-21-7-5-20(6-8-21)17-32-25(34)11-15-31(27(32)35)18-23-22-3-2-4-24(26(22)29-28-23)30-13-9-19(10-14-30)12-16-33/h2-8,16,19H,9-15,17-18H2,1H3,(H,28,29). The van der Waals surface area contributed by atoms with Crippen LogP contribution in [0.5, 0.6) is 5.75 Å². The van der Waals surface area contributed by atoms with E-state index in [-0.39, 0.29) is 24.9 Å². The first-order chi connectivity index (χ1) is 17.6. The lowest BCUT2D eigenvalue weighted by Crippen LogP contribution is -2.51. The first-order valence-corrected chi connectivity index (χ1v) is 12.4. The Balaban J connectivity index is 1.30. The molecule has 3 amide bonds. The van der Waals surface area contributed by atoms with E-state index in [1.165, 1.54) is 4.90 Å². The van der Waals surface area contributed by atoms with Gasteiger partial charge >= 0.3 is 6.03 Å². The number of rotatable bonds is 8. The topological polar surface area (TPSA) is 98.8 Å². The molecule has 0 spiro atoms. The van der Waals surface area contributed by atoms with Gasteiger partial charge in [0.05, 0.1) is 37.1 Å². The van der Waals surface area contributed by atoms with Gasteiger partial charge in [0.1, 0.15) is 12.0 Å². The van der Waals surface area contributed by atoms with Gasteiger partial charge < -0.3 is 19.3 Å². The minimum Gasteiger partial charge on any atom is -0.497 e. The Morgan fingerprint density at radius 1 is 1.06 bits per heavy atom. The highest BCUT2D eigenvalue weighted by Crippen LogP contribution is 2.31. The second-order valence-electron chi connectivity index (χ2n) is 9.48. The van der Waals surface area contributed by atoms with Crippen LogP contribution in [-0.2, 0) is 22.7 Å². The first-order valence-electron chi connectivity index (χ1n) is 12.4. The SMILES string of the molecule is COc1ccc(CN2C(=O)CCN(Cc3n[nH]c4c(N5CCC(CC=O)CC5)cccc34)C2=O)cc1. The van der Waals surface area contributed by atoms with Gasteiger partial charge in [-0.1, -0.05) is 24.3 Å². The van der Waals surface area contributed by atoms with Gasteiger partial charge in [0.2, 0.25) is 5.91 Å². The molecule has 2 saturated heterocycles. The number of imide groups is 1. The van der Waals surface area contributed by atoms with Gasteiger partial charge in [-0.25, -0.2) is 4.79 Å². The number of carbonyl (C=O) groups is 3. The number of benzene rings is 2. The highest BCUT2D eigenvalue weighted by atomic mass is 16.5. The van der Waals surface area contributed by atoms with Gasteiger partial charge in [-0.15, -0.1) is 0 Å². The van der Waals surface area contributed by atoms with Crippen LogP contribution in [0.3, 0.4) is 0 Å². The van der Waals surface area contributed by atoms with Crippen LogP contribution in [0.25, 0.3) is 10.9 Å². The number of piperidine rings is 1. The number of fused-ring (bicyclic) bond motifs is 1. The summed E-state index contributed by atoms with van der Waals surface area (Å²) in [6.45, 7) is 2.73. The molecule has 0 bridgehead atoms. The van der Waals surface area contributed by atoms with E-state index in [0.29, 0.717) is 25.4 Å². The fourth-order valence-electron chi connectivity index (χ4n) is 5.15. The third-order valence-electron chi connectivity index (χ3n) is 7.28. The van der Waals surface area contributed by atoms with Crippen molar-refractivity contribution in [3.63, 3.8) is 0 Å². The van der Waals surface area contributed by atoms with Gasteiger partial charge in [0.15, 0.2) is 0 Å². The molecule has 9 nitrogen and oxygen atoms in total. The lowest BCUT2D eigenvalue weighted by Gasteiger charge is -2.34. The van der Waals surface area contributed by atoms with Crippen LogP contribution in [0.2, 0.25) is 0 Å². The van der Waals surface area contributed by atoms with Crippen molar-refractivity contribution in [3.8, 4) is 5.75 Å². The van der Waals surface area contributed by atoms with Crippen molar-refractivity contribution in [2.75, 3.05) is 31.6 Å². The fraction of sp³-hybridized carbons (Fsp3) is 0.407. The molecule has 1 N–H and O–H groups in total. The Labute approximate surface area is 210 Å². The summed E-state index contributed by atoms with van der Waals surface area (Å²) in [5.74, 6) is 1.02. The van der Waals surface area contributed by atoms with Gasteiger partial charge in [0, 0.05) is 37.9 Å². The van der Waals surface area contributed by atoms with Gasteiger partial charge in [-0.05, 0) is 42.5 Å². The normalized spacial score (nSPS) is 17.2. The maximum absolute atomic E-state index is 13.3. The van der Waals surface area contributed by atoms with Gasteiger partial charge in [-0.3, -0.25) is 14.8 Å². The van der Waals surface area contributed by atoms with E-state index in [9.17, 15) is 14.4 Å². The highest BCUT2D eigenvalue weighted by molar-refractivity contribution is 5.97. The fourth-order valence-corrected chi connectivity index (χ4v) is 5.15. The largest absolute Gasteiger partial charge is 0.497 e. The molecule has 36 heavy (non-hydrogen) atoms. The average molecular weight is 490 g/mol. The van der Waals surface area contributed by atoms with Crippen molar-refractivity contribution in [1.29, 1.82) is 0 Å². The molecular formula is C27H31N5O4. The van der Waals surface area contributed by atoms with Crippen molar-refractivity contribution < 1.29 is 19.1 Å². The Bertz CT molecular complexity index is 1250. The number of methoxy groups -OCH3 is 1. The zero-order valence-corrected chi connectivity index (χ0v) is 20.5. The molecule has 0 atom stereocenters. The first kappa shape index (κ1) is 23.8. The molecule has 0 aliphatic carbocycles. The van der Waals surface area contributed by atoms with E-state index < -0.39 is 0 Å². The predicted octanol–water partition coefficient (Wildman–Crippen LogP) is 3.73. The molecular weight excluding hydrogens is 458 g/mol. The Morgan fingerprint density at radius 3 is 2.56 bits per heavy atom. The molecule has 2 aromatic carbocycles. The number of urea groups is 1. The molecule has 0 radical (unpaired) electrons. The van der Waals surface area contributed by atoms with Crippen molar-refractivity contribution in [3.05, 3.63) is 53.7 Å². The number of anilines is 1. The summed E-state index contributed by atoms with van der Waals surface area (Å²) >= 11 is 0. The summed E-state index contributed by atoms with van der Waals surface area (Å²) < 4.78 is 5.19. The number of hydrogen-bond acceptors (Lipinski definition) is 6. The number of para-hydroxylation sites is 1. The predicted molar refractivity (Wildman–Crippen MR) is 136 cm³/mol. The quantitative estimate of drug-likeness (QED) is 0.484. The molecule has 0 unspecified atom stereocenters. The molecule has 2 aliphatic heterocycles. The van der Waals surface area contributed by atoms with E-state index in [4.69, 9.17) is 4.74 Å². The Kier molecular flexibility index (Phi) is 6.88. The van der Waals surface area contributed by atoms with Crippen LogP contribution in [0.1, 0.15) is 36.9 Å². The zero-order valence-electron chi connectivity index (χ0n) is 20.5. The molecule has 0 saturated carbocycles. The summed E-state index contributed by atoms with van der Waals surface area (Å²) in [4.78, 5) is 42.1. The van der Waals surface area contributed by atoms with Crippen LogP contribution < -0.4 is 9.64 Å². The molecule has 1 aromatic heterocycles. The van der Waals surface area contributed by atoms with Crippen molar-refractivity contribution in [2.24, 2.45) is 5.92 Å². The van der Waals surface area contributed by atoms with Crippen molar-refractivity contribution in [2.45, 2.75) is 38.8 Å². The number of aldehydes is 1. The van der Waals surface area contributed by atoms with E-state index in [1.54, 1.807) is 12.0 Å². The molecule has 2 aliphatic rings. The summed E-state index contributed by atoms with van der Waals surface area (Å²) in [6, 6.07) is 13.2. The van der Waals surface area contributed by atoms with Crippen molar-refractivity contribution in [1.82, 2.24) is 20.0 Å². The highest BCUT2D eigenvalue weighted by Gasteiger charge is 2.33. The van der Waals surface area contributed by atoms with Crippen LogP contribution in [0.15, 0.2) is 42.5 Å². The van der Waals surface area contributed by atoms with Crippen LogP contribution >= 0.6 is 0 Å². The summed E-state index contributed by atoms with van der Waals surface area (Å²) in [5.41, 5.74) is 3.70. The third kappa shape index (κ3) is 4.78. The number of aromatic nitrogens is 2. The number of amides is 3. The van der Waals surface area contributed by atoms with Crippen molar-refractivity contribution >= 4 is 34.8 Å². The number of hydrogen-bond donors (Lipinski definition) is 1. The zero-order chi connectivity index (χ0) is 25.1. The van der Waals surface area contributed by atoms with Crippen LogP contribution in [0.4, 0.5) is 10.5 Å². The summed E-state index contributed by atoms with van der Waals surface area (Å²) in [7, 11) is 1.60. The summed E-state index contributed by atoms with van der Waals surface area (Å²) in [6.07, 6.45) is 3.93. The molecule has 3 aromatic rings. The van der Waals surface area contributed by atoms with Crippen LogP contribution in [-0.4, -0.2) is 65.0 Å². The average Bonchev–Trinajstić information content (AvgIpc) is 3.32. The van der Waals surface area contributed by atoms with Gasteiger partial charge in [0.25, 0.3) is 0 Å². The molecule has 5 rings (SSSR count). The van der Waals surface area contributed by atoms with E-state index >= 15 is 0 Å². The molecule has 9 heteroatoms. The van der Waals surface area contributed by atoms with E-state index in [2.05, 4.69) is 21.2 Å². The minimum atomic E-state index is -0.299. The second kappa shape index (κ2) is 10.4. The second-order valence-corrected chi connectivity index (χ2v) is 9.48.